The summed E-state index contributed by atoms with van der Waals surface area (Å²) < 4.78 is 8.69. The Morgan fingerprint density at radius 1 is 1.08 bits per heavy atom. The minimum absolute atomic E-state index is 0.0840. The molecule has 2 heterocycles. The van der Waals surface area contributed by atoms with E-state index in [1.807, 2.05) is 32.9 Å². The van der Waals surface area contributed by atoms with Crippen LogP contribution < -0.4 is 16.3 Å². The Balaban J connectivity index is 1.85. The molecule has 1 saturated heterocycles. The van der Waals surface area contributed by atoms with Crippen molar-refractivity contribution in [3.63, 3.8) is 0 Å². The molecule has 142 valence electrons. The van der Waals surface area contributed by atoms with Crippen molar-refractivity contribution in [2.75, 3.05) is 36.8 Å². The second kappa shape index (κ2) is 6.26. The van der Waals surface area contributed by atoms with Gasteiger partial charge in [0.15, 0.2) is 0 Å². The smallest absolute Gasteiger partial charge is 0.410 e. The van der Waals surface area contributed by atoms with Crippen LogP contribution >= 0.6 is 0 Å². The number of carbonyl (C=O) groups is 1. The van der Waals surface area contributed by atoms with Crippen LogP contribution in [-0.2, 0) is 18.8 Å². The first-order valence-electron chi connectivity index (χ1n) is 8.76. The predicted molar refractivity (Wildman–Crippen MR) is 103 cm³/mol. The average Bonchev–Trinajstić information content (AvgIpc) is 2.77. The number of piperazine rings is 1. The van der Waals surface area contributed by atoms with Crippen molar-refractivity contribution in [1.82, 2.24) is 14.0 Å². The van der Waals surface area contributed by atoms with Crippen molar-refractivity contribution < 1.29 is 9.53 Å². The average molecular weight is 361 g/mol. The monoisotopic (exact) mass is 361 g/mol. The summed E-state index contributed by atoms with van der Waals surface area (Å²) >= 11 is 0. The number of amides is 1. The molecule has 8 heteroatoms. The molecule has 0 atom stereocenters. The summed E-state index contributed by atoms with van der Waals surface area (Å²) in [4.78, 5) is 28.4. The van der Waals surface area contributed by atoms with Gasteiger partial charge in [0.1, 0.15) is 5.60 Å². The van der Waals surface area contributed by atoms with E-state index in [1.165, 1.54) is 0 Å². The number of hydrogen-bond donors (Lipinski definition) is 1. The molecule has 1 fully saturated rings. The maximum atomic E-state index is 12.3. The predicted octanol–water partition coefficient (Wildman–Crippen LogP) is 1.52. The number of fused-ring (bicyclic) bond motifs is 1. The molecule has 0 bridgehead atoms. The quantitative estimate of drug-likeness (QED) is 0.778. The fourth-order valence-corrected chi connectivity index (χ4v) is 3.35. The SMILES string of the molecule is Cn1c(=O)n(C)c2c(N3CCN(C(=O)OC(C)(C)C)CC3)cc(N)cc21. The summed E-state index contributed by atoms with van der Waals surface area (Å²) in [7, 11) is 3.51. The first-order valence-corrected chi connectivity index (χ1v) is 8.76. The highest BCUT2D eigenvalue weighted by molar-refractivity contribution is 5.93. The van der Waals surface area contributed by atoms with Gasteiger partial charge in [0.05, 0.1) is 16.7 Å². The number of ether oxygens (including phenoxy) is 1. The summed E-state index contributed by atoms with van der Waals surface area (Å²) in [6, 6.07) is 3.71. The van der Waals surface area contributed by atoms with E-state index in [4.69, 9.17) is 10.5 Å². The molecule has 0 radical (unpaired) electrons. The molecule has 0 saturated carbocycles. The van der Waals surface area contributed by atoms with Gasteiger partial charge in [-0.2, -0.15) is 0 Å². The van der Waals surface area contributed by atoms with Crippen LogP contribution in [0.5, 0.6) is 0 Å². The maximum Gasteiger partial charge on any atom is 0.410 e. The van der Waals surface area contributed by atoms with E-state index in [1.54, 1.807) is 28.1 Å². The number of nitrogens with zero attached hydrogens (tertiary/aromatic N) is 4. The lowest BCUT2D eigenvalue weighted by Crippen LogP contribution is -2.50. The molecule has 0 unspecified atom stereocenters. The Kier molecular flexibility index (Phi) is 4.37. The Morgan fingerprint density at radius 3 is 2.27 bits per heavy atom. The Hall–Kier alpha value is -2.64. The number of nitrogen functional groups attached to an aromatic ring is 1. The van der Waals surface area contributed by atoms with E-state index in [-0.39, 0.29) is 11.8 Å². The molecule has 0 aliphatic carbocycles. The molecule has 1 aliphatic rings. The largest absolute Gasteiger partial charge is 0.444 e. The number of benzene rings is 1. The summed E-state index contributed by atoms with van der Waals surface area (Å²) in [5.41, 5.74) is 8.68. The zero-order valence-electron chi connectivity index (χ0n) is 16.1. The van der Waals surface area contributed by atoms with Crippen LogP contribution in [0.2, 0.25) is 0 Å². The molecule has 1 aromatic carbocycles. The molecule has 3 rings (SSSR count). The molecule has 1 aromatic heterocycles. The Bertz CT molecular complexity index is 898. The summed E-state index contributed by atoms with van der Waals surface area (Å²) in [6.07, 6.45) is -0.290. The number of aryl methyl sites for hydroxylation is 2. The van der Waals surface area contributed by atoms with Crippen molar-refractivity contribution in [2.45, 2.75) is 26.4 Å². The van der Waals surface area contributed by atoms with Crippen LogP contribution in [0.25, 0.3) is 11.0 Å². The molecule has 8 nitrogen and oxygen atoms in total. The lowest BCUT2D eigenvalue weighted by atomic mass is 10.2. The second-order valence-corrected chi connectivity index (χ2v) is 7.76. The summed E-state index contributed by atoms with van der Waals surface area (Å²) in [5, 5.41) is 0. The number of anilines is 2. The van der Waals surface area contributed by atoms with Crippen molar-refractivity contribution in [3.8, 4) is 0 Å². The number of rotatable bonds is 1. The highest BCUT2D eigenvalue weighted by Crippen LogP contribution is 2.30. The van der Waals surface area contributed by atoms with Crippen molar-refractivity contribution >= 4 is 28.5 Å². The fourth-order valence-electron chi connectivity index (χ4n) is 3.35. The van der Waals surface area contributed by atoms with Gasteiger partial charge in [-0.3, -0.25) is 9.13 Å². The molecule has 1 aliphatic heterocycles. The zero-order chi connectivity index (χ0) is 19.2. The van der Waals surface area contributed by atoms with Crippen molar-refractivity contribution in [1.29, 1.82) is 0 Å². The first kappa shape index (κ1) is 18.2. The van der Waals surface area contributed by atoms with E-state index in [2.05, 4.69) is 4.90 Å². The number of aromatic nitrogens is 2. The van der Waals surface area contributed by atoms with Crippen LogP contribution in [0.4, 0.5) is 16.2 Å². The van der Waals surface area contributed by atoms with E-state index in [0.29, 0.717) is 31.9 Å². The van der Waals surface area contributed by atoms with Gasteiger partial charge in [-0.05, 0) is 32.9 Å². The molecule has 26 heavy (non-hydrogen) atoms. The highest BCUT2D eigenvalue weighted by atomic mass is 16.6. The standard InChI is InChI=1S/C18H27N5O3/c1-18(2,3)26-17(25)23-8-6-22(7-9-23)14-11-12(19)10-13-15(14)21(5)16(24)20(13)4/h10-11H,6-9,19H2,1-5H3. The minimum atomic E-state index is -0.503. The van der Waals surface area contributed by atoms with Gasteiger partial charge >= 0.3 is 11.8 Å². The first-order chi connectivity index (χ1) is 12.1. The third-order valence-electron chi connectivity index (χ3n) is 4.63. The van der Waals surface area contributed by atoms with E-state index in [9.17, 15) is 9.59 Å². The van der Waals surface area contributed by atoms with Gasteiger partial charge in [-0.25, -0.2) is 9.59 Å². The minimum Gasteiger partial charge on any atom is -0.444 e. The van der Waals surface area contributed by atoms with Crippen molar-refractivity contribution in [3.05, 3.63) is 22.6 Å². The number of imidazole rings is 1. The molecular formula is C18H27N5O3. The fraction of sp³-hybridized carbons (Fsp3) is 0.556. The Morgan fingerprint density at radius 2 is 1.69 bits per heavy atom. The van der Waals surface area contributed by atoms with Crippen LogP contribution in [-0.4, -0.2) is 51.9 Å². The van der Waals surface area contributed by atoms with Gasteiger partial charge < -0.3 is 20.3 Å². The van der Waals surface area contributed by atoms with Crippen LogP contribution in [0.3, 0.4) is 0 Å². The zero-order valence-corrected chi connectivity index (χ0v) is 16.1. The van der Waals surface area contributed by atoms with E-state index >= 15 is 0 Å². The molecule has 1 amide bonds. The van der Waals surface area contributed by atoms with E-state index in [0.717, 1.165) is 16.7 Å². The number of hydrogen-bond acceptors (Lipinski definition) is 5. The Labute approximate surface area is 152 Å². The van der Waals surface area contributed by atoms with Gasteiger partial charge in [0.25, 0.3) is 0 Å². The van der Waals surface area contributed by atoms with Gasteiger partial charge in [-0.15, -0.1) is 0 Å². The lowest BCUT2D eigenvalue weighted by Gasteiger charge is -2.37. The topological polar surface area (TPSA) is 85.7 Å². The van der Waals surface area contributed by atoms with Crippen LogP contribution in [0.1, 0.15) is 20.8 Å². The molecule has 0 spiro atoms. The summed E-state index contributed by atoms with van der Waals surface area (Å²) in [6.45, 7) is 8.02. The summed E-state index contributed by atoms with van der Waals surface area (Å²) in [5.74, 6) is 0. The molecule has 2 aromatic rings. The maximum absolute atomic E-state index is 12.3. The normalized spacial score (nSPS) is 15.6. The molecule has 2 N–H and O–H groups in total. The van der Waals surface area contributed by atoms with E-state index < -0.39 is 5.60 Å². The van der Waals surface area contributed by atoms with Gasteiger partial charge in [-0.1, -0.05) is 0 Å². The second-order valence-electron chi connectivity index (χ2n) is 7.76. The van der Waals surface area contributed by atoms with Crippen LogP contribution in [0, 0.1) is 0 Å². The number of carbonyl (C=O) groups excluding carboxylic acids is 1. The van der Waals surface area contributed by atoms with Crippen LogP contribution in [0.15, 0.2) is 16.9 Å². The van der Waals surface area contributed by atoms with Gasteiger partial charge in [0, 0.05) is 46.0 Å². The van der Waals surface area contributed by atoms with Gasteiger partial charge in [0.2, 0.25) is 0 Å². The number of nitrogens with two attached hydrogens (primary N) is 1. The van der Waals surface area contributed by atoms with Crippen molar-refractivity contribution in [2.24, 2.45) is 14.1 Å². The molecular weight excluding hydrogens is 334 g/mol. The third kappa shape index (κ3) is 3.23. The third-order valence-corrected chi connectivity index (χ3v) is 4.63. The lowest BCUT2D eigenvalue weighted by molar-refractivity contribution is 0.0240. The highest BCUT2D eigenvalue weighted by Gasteiger charge is 2.27.